The molecule has 1 aliphatic heterocycles. The van der Waals surface area contributed by atoms with Crippen molar-refractivity contribution in [3.8, 4) is 0 Å². The van der Waals surface area contributed by atoms with Crippen LogP contribution in [0, 0.1) is 6.92 Å². The summed E-state index contributed by atoms with van der Waals surface area (Å²) in [5.74, 6) is -0.819. The molecule has 1 atom stereocenters. The lowest BCUT2D eigenvalue weighted by Crippen LogP contribution is -2.36. The number of rotatable bonds is 8. The van der Waals surface area contributed by atoms with E-state index in [4.69, 9.17) is 5.11 Å². The standard InChI is InChI=1S/C29H31N3O4/c1-20-5-2-3-7-26(20)31-29(36)30-24-15-10-22(11-16-24)19-27(33)32-18-4-6-25(32)17-12-21-8-13-23(14-9-21)28(34)35/h2-3,5,7-11,13-16,25H,4,6,12,17-19H2,1H3,(H,34,35)(H2,30,31,36). The quantitative estimate of drug-likeness (QED) is 0.392. The lowest BCUT2D eigenvalue weighted by Gasteiger charge is -2.25. The van der Waals surface area contributed by atoms with Gasteiger partial charge in [-0.2, -0.15) is 0 Å². The third kappa shape index (κ3) is 6.50. The third-order valence-electron chi connectivity index (χ3n) is 6.63. The highest BCUT2D eigenvalue weighted by atomic mass is 16.4. The van der Waals surface area contributed by atoms with Gasteiger partial charge in [0.1, 0.15) is 0 Å². The number of carbonyl (C=O) groups excluding carboxylic acids is 2. The average Bonchev–Trinajstić information content (AvgIpc) is 3.34. The number of aryl methyl sites for hydroxylation is 2. The van der Waals surface area contributed by atoms with Gasteiger partial charge in [-0.05, 0) is 79.6 Å². The van der Waals surface area contributed by atoms with Crippen LogP contribution in [0.5, 0.6) is 0 Å². The van der Waals surface area contributed by atoms with E-state index in [2.05, 4.69) is 10.6 Å². The summed E-state index contributed by atoms with van der Waals surface area (Å²) in [6, 6.07) is 21.8. The fraction of sp³-hybridized carbons (Fsp3) is 0.276. The Morgan fingerprint density at radius 1 is 0.917 bits per heavy atom. The number of carbonyl (C=O) groups is 3. The van der Waals surface area contributed by atoms with E-state index in [1.807, 2.05) is 72.5 Å². The molecule has 1 heterocycles. The summed E-state index contributed by atoms with van der Waals surface area (Å²) in [6.07, 6.45) is 3.96. The number of nitrogens with one attached hydrogen (secondary N) is 2. The first kappa shape index (κ1) is 25.0. The van der Waals surface area contributed by atoms with Crippen LogP contribution in [0.3, 0.4) is 0 Å². The minimum Gasteiger partial charge on any atom is -0.478 e. The van der Waals surface area contributed by atoms with Crippen LogP contribution in [0.4, 0.5) is 16.2 Å². The molecular formula is C29H31N3O4. The minimum absolute atomic E-state index is 0.108. The predicted molar refractivity (Wildman–Crippen MR) is 140 cm³/mol. The van der Waals surface area contributed by atoms with Crippen molar-refractivity contribution in [2.75, 3.05) is 17.2 Å². The van der Waals surface area contributed by atoms with Gasteiger partial charge in [-0.3, -0.25) is 4.79 Å². The molecule has 1 unspecified atom stereocenters. The molecule has 1 saturated heterocycles. The number of carboxylic acids is 1. The molecule has 1 fully saturated rings. The molecule has 36 heavy (non-hydrogen) atoms. The SMILES string of the molecule is Cc1ccccc1NC(=O)Nc1ccc(CC(=O)N2CCCC2CCc2ccc(C(=O)O)cc2)cc1. The van der Waals surface area contributed by atoms with Gasteiger partial charge < -0.3 is 20.6 Å². The summed E-state index contributed by atoms with van der Waals surface area (Å²) in [4.78, 5) is 38.3. The number of urea groups is 1. The van der Waals surface area contributed by atoms with Gasteiger partial charge in [-0.1, -0.05) is 42.5 Å². The molecule has 0 saturated carbocycles. The number of nitrogens with zero attached hydrogens (tertiary/aromatic N) is 1. The lowest BCUT2D eigenvalue weighted by molar-refractivity contribution is -0.131. The Balaban J connectivity index is 1.27. The first-order valence-corrected chi connectivity index (χ1v) is 12.2. The molecule has 7 nitrogen and oxygen atoms in total. The second-order valence-electron chi connectivity index (χ2n) is 9.19. The number of hydrogen-bond donors (Lipinski definition) is 3. The van der Waals surface area contributed by atoms with Gasteiger partial charge in [0.25, 0.3) is 0 Å². The number of carboxylic acid groups (broad SMARTS) is 1. The summed E-state index contributed by atoms with van der Waals surface area (Å²) < 4.78 is 0. The summed E-state index contributed by atoms with van der Waals surface area (Å²) in [6.45, 7) is 2.70. The molecule has 3 aromatic rings. The van der Waals surface area contributed by atoms with Gasteiger partial charge in [0.15, 0.2) is 0 Å². The van der Waals surface area contributed by atoms with Gasteiger partial charge >= 0.3 is 12.0 Å². The molecule has 0 aliphatic carbocycles. The maximum absolute atomic E-state index is 13.0. The molecule has 3 aromatic carbocycles. The molecule has 186 valence electrons. The molecule has 0 spiro atoms. The molecular weight excluding hydrogens is 454 g/mol. The summed E-state index contributed by atoms with van der Waals surface area (Å²) in [5.41, 5.74) is 4.66. The Morgan fingerprint density at radius 3 is 2.31 bits per heavy atom. The average molecular weight is 486 g/mol. The van der Waals surface area contributed by atoms with E-state index in [-0.39, 0.29) is 23.5 Å². The lowest BCUT2D eigenvalue weighted by atomic mass is 10.0. The number of para-hydroxylation sites is 1. The number of hydrogen-bond acceptors (Lipinski definition) is 3. The van der Waals surface area contributed by atoms with Gasteiger partial charge in [-0.25, -0.2) is 9.59 Å². The second-order valence-corrected chi connectivity index (χ2v) is 9.19. The molecule has 3 N–H and O–H groups in total. The van der Waals surface area contributed by atoms with Gasteiger partial charge in [-0.15, -0.1) is 0 Å². The minimum atomic E-state index is -0.927. The van der Waals surface area contributed by atoms with E-state index in [1.54, 1.807) is 12.1 Å². The Morgan fingerprint density at radius 2 is 1.61 bits per heavy atom. The number of anilines is 2. The zero-order valence-electron chi connectivity index (χ0n) is 20.4. The van der Waals surface area contributed by atoms with Crippen molar-refractivity contribution < 1.29 is 19.5 Å². The van der Waals surface area contributed by atoms with Crippen LogP contribution in [0.25, 0.3) is 0 Å². The zero-order chi connectivity index (χ0) is 25.5. The van der Waals surface area contributed by atoms with E-state index in [0.29, 0.717) is 12.1 Å². The molecule has 0 bridgehead atoms. The molecule has 0 aromatic heterocycles. The Hall–Kier alpha value is -4.13. The first-order chi connectivity index (χ1) is 17.4. The molecule has 7 heteroatoms. The molecule has 0 radical (unpaired) electrons. The largest absolute Gasteiger partial charge is 0.478 e. The maximum Gasteiger partial charge on any atom is 0.335 e. The number of aromatic carboxylic acids is 1. The van der Waals surface area contributed by atoms with Crippen molar-refractivity contribution in [3.05, 3.63) is 95.1 Å². The third-order valence-corrected chi connectivity index (χ3v) is 6.63. The summed E-state index contributed by atoms with van der Waals surface area (Å²) in [5, 5.41) is 14.7. The highest BCUT2D eigenvalue weighted by Crippen LogP contribution is 2.24. The summed E-state index contributed by atoms with van der Waals surface area (Å²) in [7, 11) is 0. The van der Waals surface area contributed by atoms with Crippen LogP contribution in [0.15, 0.2) is 72.8 Å². The van der Waals surface area contributed by atoms with Crippen molar-refractivity contribution in [1.82, 2.24) is 4.90 Å². The van der Waals surface area contributed by atoms with Gasteiger partial charge in [0.2, 0.25) is 5.91 Å². The Labute approximate surface area is 211 Å². The van der Waals surface area contributed by atoms with E-state index < -0.39 is 5.97 Å². The van der Waals surface area contributed by atoms with Crippen LogP contribution in [-0.2, 0) is 17.6 Å². The normalized spacial score (nSPS) is 14.9. The second kappa shape index (κ2) is 11.5. The first-order valence-electron chi connectivity index (χ1n) is 12.2. The van der Waals surface area contributed by atoms with Crippen molar-refractivity contribution in [3.63, 3.8) is 0 Å². The topological polar surface area (TPSA) is 98.7 Å². The highest BCUT2D eigenvalue weighted by Gasteiger charge is 2.28. The van der Waals surface area contributed by atoms with Crippen molar-refractivity contribution >= 4 is 29.3 Å². The van der Waals surface area contributed by atoms with Gasteiger partial charge in [0, 0.05) is 24.0 Å². The zero-order valence-corrected chi connectivity index (χ0v) is 20.4. The van der Waals surface area contributed by atoms with E-state index in [0.717, 1.165) is 54.6 Å². The number of amides is 3. The van der Waals surface area contributed by atoms with E-state index >= 15 is 0 Å². The molecule has 4 rings (SSSR count). The fourth-order valence-electron chi connectivity index (χ4n) is 4.59. The van der Waals surface area contributed by atoms with Crippen LogP contribution in [0.2, 0.25) is 0 Å². The van der Waals surface area contributed by atoms with Gasteiger partial charge in [0.05, 0.1) is 12.0 Å². The molecule has 1 aliphatic rings. The van der Waals surface area contributed by atoms with Crippen LogP contribution < -0.4 is 10.6 Å². The van der Waals surface area contributed by atoms with Crippen LogP contribution in [0.1, 0.15) is 46.3 Å². The van der Waals surface area contributed by atoms with Crippen molar-refractivity contribution in [2.24, 2.45) is 0 Å². The van der Waals surface area contributed by atoms with Crippen molar-refractivity contribution in [1.29, 1.82) is 0 Å². The predicted octanol–water partition coefficient (Wildman–Crippen LogP) is 5.50. The van der Waals surface area contributed by atoms with Crippen LogP contribution in [-0.4, -0.2) is 40.5 Å². The fourth-order valence-corrected chi connectivity index (χ4v) is 4.59. The van der Waals surface area contributed by atoms with E-state index in [9.17, 15) is 14.4 Å². The maximum atomic E-state index is 13.0. The smallest absolute Gasteiger partial charge is 0.335 e. The Bertz CT molecular complexity index is 1220. The molecule has 3 amide bonds. The highest BCUT2D eigenvalue weighted by molar-refractivity contribution is 6.00. The van der Waals surface area contributed by atoms with Crippen LogP contribution >= 0.6 is 0 Å². The Kier molecular flexibility index (Phi) is 8.00. The number of likely N-dealkylation sites (tertiary alicyclic amines) is 1. The number of benzene rings is 3. The van der Waals surface area contributed by atoms with E-state index in [1.165, 1.54) is 0 Å². The monoisotopic (exact) mass is 485 g/mol. The van der Waals surface area contributed by atoms with Crippen molar-refractivity contribution in [2.45, 2.75) is 45.1 Å². The summed E-state index contributed by atoms with van der Waals surface area (Å²) >= 11 is 0.